The molecule has 0 saturated carbocycles. The van der Waals surface area contributed by atoms with Crippen LogP contribution in [0.15, 0.2) is 24.3 Å². The zero-order chi connectivity index (χ0) is 12.3. The summed E-state index contributed by atoms with van der Waals surface area (Å²) >= 11 is 0. The van der Waals surface area contributed by atoms with Crippen LogP contribution >= 0.6 is 0 Å². The van der Waals surface area contributed by atoms with Gasteiger partial charge in [0.1, 0.15) is 0 Å². The molecule has 1 fully saturated rings. The van der Waals surface area contributed by atoms with Crippen molar-refractivity contribution in [3.05, 3.63) is 35.4 Å². The lowest BCUT2D eigenvalue weighted by atomic mass is 9.99. The molecule has 0 radical (unpaired) electrons. The van der Waals surface area contributed by atoms with E-state index in [1.165, 1.54) is 5.56 Å². The van der Waals surface area contributed by atoms with E-state index < -0.39 is 0 Å². The van der Waals surface area contributed by atoms with Gasteiger partial charge in [0.15, 0.2) is 0 Å². The second kappa shape index (κ2) is 5.32. The van der Waals surface area contributed by atoms with Crippen LogP contribution in [0, 0.1) is 6.92 Å². The minimum absolute atomic E-state index is 0.0329. The van der Waals surface area contributed by atoms with E-state index in [1.807, 2.05) is 31.2 Å². The van der Waals surface area contributed by atoms with Crippen LogP contribution in [0.5, 0.6) is 0 Å². The van der Waals surface area contributed by atoms with Crippen molar-refractivity contribution in [1.82, 2.24) is 10.6 Å². The van der Waals surface area contributed by atoms with Gasteiger partial charge < -0.3 is 10.6 Å². The monoisotopic (exact) mass is 232 g/mol. The Balaban J connectivity index is 1.98. The van der Waals surface area contributed by atoms with E-state index in [0.29, 0.717) is 6.04 Å². The van der Waals surface area contributed by atoms with E-state index in [-0.39, 0.29) is 11.9 Å². The molecule has 2 N–H and O–H groups in total. The third-order valence-electron chi connectivity index (χ3n) is 3.39. The summed E-state index contributed by atoms with van der Waals surface area (Å²) in [6.45, 7) is 5.20. The van der Waals surface area contributed by atoms with E-state index in [2.05, 4.69) is 17.6 Å². The van der Waals surface area contributed by atoms with Gasteiger partial charge in [0.2, 0.25) is 0 Å². The van der Waals surface area contributed by atoms with Crippen molar-refractivity contribution in [2.24, 2.45) is 0 Å². The number of nitrogens with one attached hydrogen (secondary N) is 2. The Morgan fingerprint density at radius 1 is 1.35 bits per heavy atom. The van der Waals surface area contributed by atoms with E-state index in [4.69, 9.17) is 0 Å². The number of piperidine rings is 1. The molecule has 0 aromatic heterocycles. The summed E-state index contributed by atoms with van der Waals surface area (Å²) in [5, 5.41) is 6.49. The van der Waals surface area contributed by atoms with Crippen LogP contribution in [0.25, 0.3) is 0 Å². The normalized spacial score (nSPS) is 24.4. The Morgan fingerprint density at radius 2 is 2.06 bits per heavy atom. The zero-order valence-electron chi connectivity index (χ0n) is 10.5. The lowest BCUT2D eigenvalue weighted by Gasteiger charge is -2.30. The molecule has 3 heteroatoms. The van der Waals surface area contributed by atoms with Crippen molar-refractivity contribution in [3.8, 4) is 0 Å². The molecule has 0 spiro atoms. The largest absolute Gasteiger partial charge is 0.348 e. The summed E-state index contributed by atoms with van der Waals surface area (Å²) in [5.41, 5.74) is 1.92. The Hall–Kier alpha value is -1.35. The predicted molar refractivity (Wildman–Crippen MR) is 69.1 cm³/mol. The van der Waals surface area contributed by atoms with Crippen LogP contribution in [-0.2, 0) is 0 Å². The average molecular weight is 232 g/mol. The molecule has 1 aliphatic rings. The van der Waals surface area contributed by atoms with Crippen molar-refractivity contribution in [2.75, 3.05) is 6.54 Å². The number of rotatable bonds is 2. The van der Waals surface area contributed by atoms with Gasteiger partial charge in [-0.3, -0.25) is 4.79 Å². The third kappa shape index (κ3) is 3.07. The highest BCUT2D eigenvalue weighted by atomic mass is 16.1. The summed E-state index contributed by atoms with van der Waals surface area (Å²) in [5.74, 6) is 0.0329. The number of amides is 1. The Labute approximate surface area is 103 Å². The first kappa shape index (κ1) is 12.1. The van der Waals surface area contributed by atoms with Crippen molar-refractivity contribution >= 4 is 5.91 Å². The number of aryl methyl sites for hydroxylation is 1. The molecule has 17 heavy (non-hydrogen) atoms. The van der Waals surface area contributed by atoms with Crippen LogP contribution < -0.4 is 10.6 Å². The summed E-state index contributed by atoms with van der Waals surface area (Å²) in [6.07, 6.45) is 2.19. The first-order chi connectivity index (χ1) is 8.16. The number of carbonyl (C=O) groups excluding carboxylic acids is 1. The SMILES string of the molecule is Cc1ccc(C(=O)NC2CCCNC2C)cc1. The van der Waals surface area contributed by atoms with Gasteiger partial charge in [0.25, 0.3) is 5.91 Å². The Kier molecular flexibility index (Phi) is 3.79. The molecule has 2 rings (SSSR count). The van der Waals surface area contributed by atoms with Gasteiger partial charge >= 0.3 is 0 Å². The van der Waals surface area contributed by atoms with Crippen LogP contribution in [0.3, 0.4) is 0 Å². The smallest absolute Gasteiger partial charge is 0.251 e. The second-order valence-electron chi connectivity index (χ2n) is 4.83. The van der Waals surface area contributed by atoms with Crippen molar-refractivity contribution in [1.29, 1.82) is 0 Å². The molecular formula is C14H20N2O. The van der Waals surface area contributed by atoms with Gasteiger partial charge in [0.05, 0.1) is 0 Å². The summed E-state index contributed by atoms with van der Waals surface area (Å²) in [4.78, 5) is 12.0. The molecule has 92 valence electrons. The van der Waals surface area contributed by atoms with Crippen molar-refractivity contribution < 1.29 is 4.79 Å². The minimum Gasteiger partial charge on any atom is -0.348 e. The van der Waals surface area contributed by atoms with Crippen LogP contribution in [0.1, 0.15) is 35.7 Å². The van der Waals surface area contributed by atoms with Crippen LogP contribution in [0.4, 0.5) is 0 Å². The van der Waals surface area contributed by atoms with E-state index in [0.717, 1.165) is 24.9 Å². The number of benzene rings is 1. The molecule has 1 amide bonds. The average Bonchev–Trinajstić information content (AvgIpc) is 2.33. The lowest BCUT2D eigenvalue weighted by molar-refractivity contribution is 0.0920. The number of hydrogen-bond acceptors (Lipinski definition) is 2. The lowest BCUT2D eigenvalue weighted by Crippen LogP contribution is -2.51. The molecule has 1 aromatic rings. The first-order valence-electron chi connectivity index (χ1n) is 6.28. The molecule has 0 bridgehead atoms. The Morgan fingerprint density at radius 3 is 2.71 bits per heavy atom. The number of carbonyl (C=O) groups is 1. The predicted octanol–water partition coefficient (Wildman–Crippen LogP) is 1.87. The maximum atomic E-state index is 12.0. The molecule has 2 atom stereocenters. The van der Waals surface area contributed by atoms with Gasteiger partial charge in [-0.15, -0.1) is 0 Å². The molecule has 1 heterocycles. The van der Waals surface area contributed by atoms with Crippen molar-refractivity contribution in [3.63, 3.8) is 0 Å². The van der Waals surface area contributed by atoms with E-state index in [1.54, 1.807) is 0 Å². The van der Waals surface area contributed by atoms with Gasteiger partial charge in [-0.1, -0.05) is 17.7 Å². The van der Waals surface area contributed by atoms with Gasteiger partial charge in [-0.25, -0.2) is 0 Å². The quantitative estimate of drug-likeness (QED) is 0.817. The molecule has 1 saturated heterocycles. The maximum Gasteiger partial charge on any atom is 0.251 e. The topological polar surface area (TPSA) is 41.1 Å². The van der Waals surface area contributed by atoms with Crippen LogP contribution in [0.2, 0.25) is 0 Å². The molecule has 1 aliphatic heterocycles. The fraction of sp³-hybridized carbons (Fsp3) is 0.500. The van der Waals surface area contributed by atoms with Gasteiger partial charge in [-0.05, 0) is 45.4 Å². The number of hydrogen-bond donors (Lipinski definition) is 2. The second-order valence-corrected chi connectivity index (χ2v) is 4.83. The highest BCUT2D eigenvalue weighted by Crippen LogP contribution is 2.10. The summed E-state index contributed by atoms with van der Waals surface area (Å²) < 4.78 is 0. The molecule has 3 nitrogen and oxygen atoms in total. The van der Waals surface area contributed by atoms with Gasteiger partial charge in [0, 0.05) is 17.6 Å². The fourth-order valence-corrected chi connectivity index (χ4v) is 2.20. The maximum absolute atomic E-state index is 12.0. The van der Waals surface area contributed by atoms with E-state index in [9.17, 15) is 4.79 Å². The standard InChI is InChI=1S/C14H20N2O/c1-10-5-7-12(8-6-10)14(17)16-13-4-3-9-15-11(13)2/h5-8,11,13,15H,3-4,9H2,1-2H3,(H,16,17). The minimum atomic E-state index is 0.0329. The highest BCUT2D eigenvalue weighted by molar-refractivity contribution is 5.94. The van der Waals surface area contributed by atoms with Gasteiger partial charge in [-0.2, -0.15) is 0 Å². The highest BCUT2D eigenvalue weighted by Gasteiger charge is 2.22. The fourth-order valence-electron chi connectivity index (χ4n) is 2.20. The molecule has 1 aromatic carbocycles. The third-order valence-corrected chi connectivity index (χ3v) is 3.39. The summed E-state index contributed by atoms with van der Waals surface area (Å²) in [6, 6.07) is 8.31. The molecule has 0 aliphatic carbocycles. The first-order valence-corrected chi connectivity index (χ1v) is 6.28. The van der Waals surface area contributed by atoms with Crippen LogP contribution in [-0.4, -0.2) is 24.5 Å². The summed E-state index contributed by atoms with van der Waals surface area (Å²) in [7, 11) is 0. The van der Waals surface area contributed by atoms with E-state index >= 15 is 0 Å². The molecule has 2 unspecified atom stereocenters. The van der Waals surface area contributed by atoms with Crippen molar-refractivity contribution in [2.45, 2.75) is 38.8 Å². The Bertz CT molecular complexity index is 386. The zero-order valence-corrected chi connectivity index (χ0v) is 10.5. The molecular weight excluding hydrogens is 212 g/mol.